The maximum atomic E-state index is 5.80. The molecule has 72 valence electrons. The third-order valence-electron chi connectivity index (χ3n) is 1.97. The largest absolute Gasteiger partial charge is 0.398 e. The molecule has 2 heterocycles. The first kappa shape index (κ1) is 9.18. The lowest BCUT2D eigenvalue weighted by molar-refractivity contribution is 1.11. The van der Waals surface area contributed by atoms with Crippen LogP contribution in [-0.2, 0) is 6.54 Å². The van der Waals surface area contributed by atoms with E-state index in [0.29, 0.717) is 6.54 Å². The quantitative estimate of drug-likeness (QED) is 0.786. The van der Waals surface area contributed by atoms with Gasteiger partial charge in [-0.1, -0.05) is 6.07 Å². The van der Waals surface area contributed by atoms with Gasteiger partial charge in [0.05, 0.1) is 0 Å². The van der Waals surface area contributed by atoms with Crippen molar-refractivity contribution in [1.29, 1.82) is 0 Å². The summed E-state index contributed by atoms with van der Waals surface area (Å²) in [7, 11) is 0. The highest BCUT2D eigenvalue weighted by atomic mass is 32.1. The predicted octanol–water partition coefficient (Wildman–Crippen LogP) is 1.85. The molecule has 3 nitrogen and oxygen atoms in total. The van der Waals surface area contributed by atoms with Gasteiger partial charge in [-0.2, -0.15) is 0 Å². The lowest BCUT2D eigenvalue weighted by Gasteiger charge is -1.93. The van der Waals surface area contributed by atoms with Crippen LogP contribution in [0.3, 0.4) is 0 Å². The maximum Gasteiger partial charge on any atom is 0.0475 e. The van der Waals surface area contributed by atoms with E-state index in [0.717, 1.165) is 21.0 Å². The van der Waals surface area contributed by atoms with Crippen LogP contribution in [-0.4, -0.2) is 4.98 Å². The third-order valence-corrected chi connectivity index (χ3v) is 3.20. The van der Waals surface area contributed by atoms with Crippen LogP contribution in [0, 0.1) is 0 Å². The zero-order valence-electron chi connectivity index (χ0n) is 7.60. The molecule has 0 saturated heterocycles. The highest BCUT2D eigenvalue weighted by molar-refractivity contribution is 7.16. The fraction of sp³-hybridized carbons (Fsp3) is 0.100. The normalized spacial score (nSPS) is 10.4. The van der Waals surface area contributed by atoms with Crippen LogP contribution in [0.1, 0.15) is 4.88 Å². The molecule has 2 aromatic rings. The molecule has 4 N–H and O–H groups in total. The second-order valence-electron chi connectivity index (χ2n) is 2.93. The van der Waals surface area contributed by atoms with E-state index < -0.39 is 0 Å². The first-order chi connectivity index (χ1) is 6.81. The van der Waals surface area contributed by atoms with Crippen molar-refractivity contribution in [1.82, 2.24) is 4.98 Å². The summed E-state index contributed by atoms with van der Waals surface area (Å²) in [4.78, 5) is 6.21. The number of thiophene rings is 1. The molecule has 0 atom stereocenters. The van der Waals surface area contributed by atoms with Gasteiger partial charge >= 0.3 is 0 Å². The van der Waals surface area contributed by atoms with E-state index in [1.165, 1.54) is 0 Å². The van der Waals surface area contributed by atoms with Crippen LogP contribution in [0.15, 0.2) is 30.6 Å². The molecule has 0 fully saturated rings. The minimum atomic E-state index is 0.497. The Morgan fingerprint density at radius 3 is 2.86 bits per heavy atom. The van der Waals surface area contributed by atoms with Gasteiger partial charge in [-0.3, -0.25) is 4.98 Å². The summed E-state index contributed by atoms with van der Waals surface area (Å²) in [5.74, 6) is 0. The van der Waals surface area contributed by atoms with Gasteiger partial charge in [-0.15, -0.1) is 11.3 Å². The molecule has 0 aliphatic heterocycles. The molecule has 0 spiro atoms. The first-order valence-corrected chi connectivity index (χ1v) is 5.11. The molecule has 0 aliphatic rings. The van der Waals surface area contributed by atoms with Crippen LogP contribution in [0.25, 0.3) is 10.4 Å². The molecule has 0 saturated carbocycles. The monoisotopic (exact) mass is 205 g/mol. The summed E-state index contributed by atoms with van der Waals surface area (Å²) in [6.45, 7) is 0.497. The third kappa shape index (κ3) is 1.62. The summed E-state index contributed by atoms with van der Waals surface area (Å²) in [6, 6.07) is 5.87. The Balaban J connectivity index is 2.43. The standard InChI is InChI=1S/C10H11N3S/c11-5-10-8(12)4-9(14-10)7-2-1-3-13-6-7/h1-4,6H,5,11-12H2. The molecule has 0 unspecified atom stereocenters. The fourth-order valence-corrected chi connectivity index (χ4v) is 2.20. The predicted molar refractivity (Wildman–Crippen MR) is 59.9 cm³/mol. The molecule has 4 heteroatoms. The van der Waals surface area contributed by atoms with E-state index in [9.17, 15) is 0 Å². The zero-order valence-corrected chi connectivity index (χ0v) is 8.42. The number of hydrogen-bond donors (Lipinski definition) is 2. The van der Waals surface area contributed by atoms with Gasteiger partial charge in [-0.25, -0.2) is 0 Å². The molecule has 2 rings (SSSR count). The van der Waals surface area contributed by atoms with Crippen molar-refractivity contribution in [3.05, 3.63) is 35.5 Å². The number of nitrogen functional groups attached to an aromatic ring is 1. The number of aromatic nitrogens is 1. The Kier molecular flexibility index (Phi) is 2.47. The summed E-state index contributed by atoms with van der Waals surface area (Å²) < 4.78 is 0. The Hall–Kier alpha value is -1.39. The smallest absolute Gasteiger partial charge is 0.0475 e. The summed E-state index contributed by atoms with van der Waals surface area (Å²) in [6.07, 6.45) is 3.58. The van der Waals surface area contributed by atoms with Crippen LogP contribution in [0.4, 0.5) is 5.69 Å². The van der Waals surface area contributed by atoms with Crippen molar-refractivity contribution >= 4 is 17.0 Å². The molecule has 0 aromatic carbocycles. The fourth-order valence-electron chi connectivity index (χ4n) is 1.25. The summed E-state index contributed by atoms with van der Waals surface area (Å²) >= 11 is 1.62. The molecular weight excluding hydrogens is 194 g/mol. The van der Waals surface area contributed by atoms with Gasteiger partial charge in [0.25, 0.3) is 0 Å². The van der Waals surface area contributed by atoms with E-state index in [4.69, 9.17) is 11.5 Å². The van der Waals surface area contributed by atoms with E-state index in [2.05, 4.69) is 4.98 Å². The molecule has 0 radical (unpaired) electrons. The topological polar surface area (TPSA) is 64.9 Å². The first-order valence-electron chi connectivity index (χ1n) is 4.30. The number of nitrogens with two attached hydrogens (primary N) is 2. The Morgan fingerprint density at radius 2 is 2.29 bits per heavy atom. The molecule has 14 heavy (non-hydrogen) atoms. The number of anilines is 1. The average Bonchev–Trinajstić information content (AvgIpc) is 2.61. The van der Waals surface area contributed by atoms with Crippen molar-refractivity contribution in [2.24, 2.45) is 5.73 Å². The van der Waals surface area contributed by atoms with Crippen molar-refractivity contribution in [2.45, 2.75) is 6.54 Å². The van der Waals surface area contributed by atoms with Crippen molar-refractivity contribution < 1.29 is 0 Å². The van der Waals surface area contributed by atoms with Crippen LogP contribution in [0.5, 0.6) is 0 Å². The van der Waals surface area contributed by atoms with Crippen molar-refractivity contribution in [3.8, 4) is 10.4 Å². The lowest BCUT2D eigenvalue weighted by Crippen LogP contribution is -1.96. The highest BCUT2D eigenvalue weighted by Gasteiger charge is 2.06. The second kappa shape index (κ2) is 3.77. The Morgan fingerprint density at radius 1 is 1.43 bits per heavy atom. The van der Waals surface area contributed by atoms with Crippen LogP contribution in [0.2, 0.25) is 0 Å². The van der Waals surface area contributed by atoms with Gasteiger partial charge in [-0.05, 0) is 12.1 Å². The van der Waals surface area contributed by atoms with Gasteiger partial charge in [0.15, 0.2) is 0 Å². The lowest BCUT2D eigenvalue weighted by atomic mass is 10.2. The zero-order chi connectivity index (χ0) is 9.97. The minimum Gasteiger partial charge on any atom is -0.398 e. The van der Waals surface area contributed by atoms with Gasteiger partial charge in [0, 0.05) is 39.9 Å². The van der Waals surface area contributed by atoms with Gasteiger partial charge < -0.3 is 11.5 Å². The van der Waals surface area contributed by atoms with Crippen molar-refractivity contribution in [2.75, 3.05) is 5.73 Å². The average molecular weight is 205 g/mol. The number of hydrogen-bond acceptors (Lipinski definition) is 4. The van der Waals surface area contributed by atoms with E-state index in [1.807, 2.05) is 24.4 Å². The van der Waals surface area contributed by atoms with E-state index in [1.54, 1.807) is 17.5 Å². The Bertz CT molecular complexity index is 422. The Labute approximate surface area is 86.4 Å². The van der Waals surface area contributed by atoms with E-state index in [-0.39, 0.29) is 0 Å². The van der Waals surface area contributed by atoms with Crippen LogP contribution >= 0.6 is 11.3 Å². The molecule has 0 amide bonds. The van der Waals surface area contributed by atoms with Crippen molar-refractivity contribution in [3.63, 3.8) is 0 Å². The molecular formula is C10H11N3S. The van der Waals surface area contributed by atoms with Crippen LogP contribution < -0.4 is 11.5 Å². The number of pyridine rings is 1. The minimum absolute atomic E-state index is 0.497. The van der Waals surface area contributed by atoms with Gasteiger partial charge in [0.1, 0.15) is 0 Å². The molecule has 2 aromatic heterocycles. The summed E-state index contributed by atoms with van der Waals surface area (Å²) in [5, 5.41) is 0. The SMILES string of the molecule is NCc1sc(-c2cccnc2)cc1N. The molecule has 0 aliphatic carbocycles. The number of nitrogens with zero attached hydrogens (tertiary/aromatic N) is 1. The number of rotatable bonds is 2. The molecule has 0 bridgehead atoms. The highest BCUT2D eigenvalue weighted by Crippen LogP contribution is 2.32. The summed E-state index contributed by atoms with van der Waals surface area (Å²) in [5.41, 5.74) is 13.2. The van der Waals surface area contributed by atoms with Gasteiger partial charge in [0.2, 0.25) is 0 Å². The second-order valence-corrected chi connectivity index (χ2v) is 4.07. The maximum absolute atomic E-state index is 5.80. The van der Waals surface area contributed by atoms with E-state index >= 15 is 0 Å².